The van der Waals surface area contributed by atoms with Crippen molar-refractivity contribution >= 4 is 59.1 Å². The first-order valence-electron chi connectivity index (χ1n) is 2.59. The van der Waals surface area contributed by atoms with E-state index in [0.717, 1.165) is 6.54 Å². The molecule has 0 unspecified atom stereocenters. The standard InChI is InChI=1S/C5H13NO2.2Na/c1-6(5-7)3-4-8-2;;/h7H,3-5H2,1-2H3;;. The maximum atomic E-state index is 8.43. The molecule has 0 aliphatic carbocycles. The molecule has 0 saturated carbocycles. The fourth-order valence-corrected chi connectivity index (χ4v) is 0.318. The molecule has 0 spiro atoms. The van der Waals surface area contributed by atoms with Crippen LogP contribution in [0.1, 0.15) is 0 Å². The van der Waals surface area contributed by atoms with E-state index in [0.29, 0.717) is 6.61 Å². The van der Waals surface area contributed by atoms with E-state index in [-0.39, 0.29) is 65.8 Å². The Balaban J connectivity index is -0.000000245. The number of likely N-dealkylation sites (N-methyl/N-ethyl adjacent to an activating group) is 1. The molecule has 0 aromatic heterocycles. The summed E-state index contributed by atoms with van der Waals surface area (Å²) >= 11 is 0. The third kappa shape index (κ3) is 12.5. The Bertz CT molecular complexity index is 56.9. The van der Waals surface area contributed by atoms with Gasteiger partial charge < -0.3 is 9.84 Å². The number of hydrogen-bond acceptors (Lipinski definition) is 3. The van der Waals surface area contributed by atoms with Crippen LogP contribution in [0.25, 0.3) is 0 Å². The number of aliphatic hydroxyl groups is 1. The predicted octanol–water partition coefficient (Wildman–Crippen LogP) is -1.25. The molecule has 0 atom stereocenters. The molecule has 0 aromatic carbocycles. The van der Waals surface area contributed by atoms with Crippen LogP contribution in [0.4, 0.5) is 0 Å². The molecule has 10 heavy (non-hydrogen) atoms. The van der Waals surface area contributed by atoms with Crippen molar-refractivity contribution in [2.45, 2.75) is 0 Å². The largest absolute Gasteiger partial charge is 0.383 e. The van der Waals surface area contributed by atoms with Gasteiger partial charge >= 0.3 is 0 Å². The quantitative estimate of drug-likeness (QED) is 0.417. The summed E-state index contributed by atoms with van der Waals surface area (Å²) < 4.78 is 4.76. The smallest absolute Gasteiger partial charge is 0.0954 e. The molecule has 0 bridgehead atoms. The second kappa shape index (κ2) is 13.5. The Morgan fingerprint density at radius 2 is 1.90 bits per heavy atom. The molecule has 0 saturated heterocycles. The molecular weight excluding hydrogens is 152 g/mol. The van der Waals surface area contributed by atoms with Crippen molar-refractivity contribution in [2.75, 3.05) is 34.0 Å². The third-order valence-electron chi connectivity index (χ3n) is 0.919. The van der Waals surface area contributed by atoms with Gasteiger partial charge in [0.05, 0.1) is 13.3 Å². The number of aliphatic hydroxyl groups excluding tert-OH is 1. The van der Waals surface area contributed by atoms with Crippen LogP contribution in [0.3, 0.4) is 0 Å². The molecule has 52 valence electrons. The van der Waals surface area contributed by atoms with E-state index >= 15 is 0 Å². The predicted molar refractivity (Wildman–Crippen MR) is 43.1 cm³/mol. The molecule has 0 aliphatic rings. The minimum absolute atomic E-state index is 0. The van der Waals surface area contributed by atoms with Gasteiger partial charge in [0.25, 0.3) is 0 Å². The van der Waals surface area contributed by atoms with Gasteiger partial charge in [-0.15, -0.1) is 0 Å². The van der Waals surface area contributed by atoms with Crippen molar-refractivity contribution in [2.24, 2.45) is 0 Å². The Morgan fingerprint density at radius 1 is 1.40 bits per heavy atom. The van der Waals surface area contributed by atoms with Crippen LogP contribution >= 0.6 is 0 Å². The van der Waals surface area contributed by atoms with Crippen LogP contribution < -0.4 is 0 Å². The first kappa shape index (κ1) is 17.8. The molecule has 0 aromatic rings. The van der Waals surface area contributed by atoms with Crippen LogP contribution in [0.2, 0.25) is 0 Å². The molecule has 0 heterocycles. The number of nitrogens with zero attached hydrogens (tertiary/aromatic N) is 1. The van der Waals surface area contributed by atoms with E-state index in [9.17, 15) is 0 Å². The van der Waals surface area contributed by atoms with Crippen molar-refractivity contribution in [3.8, 4) is 0 Å². The Labute approximate surface area is 107 Å². The number of methoxy groups -OCH3 is 1. The second-order valence-electron chi connectivity index (χ2n) is 1.71. The summed E-state index contributed by atoms with van der Waals surface area (Å²) in [5.41, 5.74) is 0. The van der Waals surface area contributed by atoms with Gasteiger partial charge in [0.2, 0.25) is 0 Å². The van der Waals surface area contributed by atoms with Crippen LogP contribution in [-0.2, 0) is 4.74 Å². The molecule has 0 rings (SSSR count). The van der Waals surface area contributed by atoms with Gasteiger partial charge in [-0.05, 0) is 7.05 Å². The number of ether oxygens (including phenoxy) is 1. The normalized spacial score (nSPS) is 8.40. The molecule has 1 N–H and O–H groups in total. The molecule has 3 nitrogen and oxygen atoms in total. The van der Waals surface area contributed by atoms with E-state index in [4.69, 9.17) is 9.84 Å². The van der Waals surface area contributed by atoms with Crippen molar-refractivity contribution in [1.29, 1.82) is 0 Å². The monoisotopic (exact) mass is 165 g/mol. The summed E-state index contributed by atoms with van der Waals surface area (Å²) in [6, 6.07) is 0. The van der Waals surface area contributed by atoms with E-state index in [1.54, 1.807) is 12.0 Å². The summed E-state index contributed by atoms with van der Waals surface area (Å²) in [4.78, 5) is 1.77. The summed E-state index contributed by atoms with van der Waals surface area (Å²) in [5, 5.41) is 8.43. The first-order valence-corrected chi connectivity index (χ1v) is 2.59. The second-order valence-corrected chi connectivity index (χ2v) is 1.71. The van der Waals surface area contributed by atoms with Crippen LogP contribution in [-0.4, -0.2) is 103 Å². The van der Waals surface area contributed by atoms with Crippen LogP contribution in [0, 0.1) is 0 Å². The van der Waals surface area contributed by atoms with Gasteiger partial charge in [0.15, 0.2) is 0 Å². The van der Waals surface area contributed by atoms with Crippen molar-refractivity contribution in [3.05, 3.63) is 0 Å². The molecule has 0 aliphatic heterocycles. The van der Waals surface area contributed by atoms with Crippen molar-refractivity contribution in [1.82, 2.24) is 4.90 Å². The molecule has 2 radical (unpaired) electrons. The fraction of sp³-hybridized carbons (Fsp3) is 1.00. The summed E-state index contributed by atoms with van der Waals surface area (Å²) in [7, 11) is 3.48. The Kier molecular flexibility index (Phi) is 24.0. The molecular formula is C5H13NNa2O2. The Morgan fingerprint density at radius 3 is 2.20 bits per heavy atom. The summed E-state index contributed by atoms with van der Waals surface area (Å²) in [6.07, 6.45) is 0. The average molecular weight is 165 g/mol. The van der Waals surface area contributed by atoms with Crippen LogP contribution in [0.15, 0.2) is 0 Å². The average Bonchev–Trinajstić information content (AvgIpc) is 1.83. The zero-order valence-electron chi connectivity index (χ0n) is 7.42. The van der Waals surface area contributed by atoms with Gasteiger partial charge in [0, 0.05) is 72.8 Å². The maximum Gasteiger partial charge on any atom is 0.0954 e. The topological polar surface area (TPSA) is 32.7 Å². The Hall–Kier alpha value is 1.88. The van der Waals surface area contributed by atoms with E-state index in [1.807, 2.05) is 7.05 Å². The van der Waals surface area contributed by atoms with E-state index in [1.165, 1.54) is 0 Å². The maximum absolute atomic E-state index is 8.43. The van der Waals surface area contributed by atoms with Gasteiger partial charge in [0.1, 0.15) is 0 Å². The number of hydrogen-bond donors (Lipinski definition) is 1. The fourth-order valence-electron chi connectivity index (χ4n) is 0.318. The van der Waals surface area contributed by atoms with Crippen molar-refractivity contribution in [3.63, 3.8) is 0 Å². The minimum atomic E-state index is 0. The van der Waals surface area contributed by atoms with E-state index < -0.39 is 0 Å². The van der Waals surface area contributed by atoms with Gasteiger partial charge in [-0.1, -0.05) is 0 Å². The van der Waals surface area contributed by atoms with Gasteiger partial charge in [-0.2, -0.15) is 0 Å². The van der Waals surface area contributed by atoms with Crippen molar-refractivity contribution < 1.29 is 9.84 Å². The molecule has 5 heteroatoms. The zero-order valence-corrected chi connectivity index (χ0v) is 11.4. The van der Waals surface area contributed by atoms with Crippen LogP contribution in [0.5, 0.6) is 0 Å². The van der Waals surface area contributed by atoms with Gasteiger partial charge in [-0.3, -0.25) is 4.90 Å². The first-order chi connectivity index (χ1) is 3.81. The van der Waals surface area contributed by atoms with E-state index in [2.05, 4.69) is 0 Å². The summed E-state index contributed by atoms with van der Waals surface area (Å²) in [5.74, 6) is 0. The van der Waals surface area contributed by atoms with Gasteiger partial charge in [-0.25, -0.2) is 0 Å². The third-order valence-corrected chi connectivity index (χ3v) is 0.919. The zero-order chi connectivity index (χ0) is 6.41. The minimum Gasteiger partial charge on any atom is -0.383 e. The molecule has 0 fully saturated rings. The summed E-state index contributed by atoms with van der Waals surface area (Å²) in [6.45, 7) is 1.56. The SMILES string of the molecule is COCCN(C)CO.[Na].[Na]. The number of rotatable bonds is 4. The molecule has 0 amide bonds.